The molecule has 0 radical (unpaired) electrons. The molecule has 2 amide bonds. The number of rotatable bonds is 8. The molecule has 0 fully saturated rings. The molecule has 5 aromatic rings. The fourth-order valence-electron chi connectivity index (χ4n) is 3.89. The van der Waals surface area contributed by atoms with Crippen LogP contribution in [0.5, 0.6) is 0 Å². The van der Waals surface area contributed by atoms with Crippen molar-refractivity contribution in [2.24, 2.45) is 5.73 Å². The van der Waals surface area contributed by atoms with Crippen molar-refractivity contribution in [2.45, 2.75) is 6.42 Å². The van der Waals surface area contributed by atoms with Crippen LogP contribution in [0.25, 0.3) is 28.2 Å². The van der Waals surface area contributed by atoms with Crippen molar-refractivity contribution in [1.82, 2.24) is 20.4 Å². The number of nitrogens with two attached hydrogens (primary N) is 2. The minimum atomic E-state index is -0.574. The van der Waals surface area contributed by atoms with Crippen molar-refractivity contribution in [3.05, 3.63) is 107 Å². The van der Waals surface area contributed by atoms with Crippen molar-refractivity contribution < 1.29 is 14.0 Å². The number of nitrogens with zero attached hydrogens (tertiary/aromatic N) is 3. The molecule has 0 aliphatic rings. The summed E-state index contributed by atoms with van der Waals surface area (Å²) in [5, 5.41) is 1.18. The van der Waals surface area contributed by atoms with E-state index in [2.05, 4.69) is 25.8 Å². The van der Waals surface area contributed by atoms with Gasteiger partial charge in [-0.15, -0.1) is 0 Å². The Hall–Kier alpha value is -5.22. The topological polar surface area (TPSA) is 162 Å². The number of hydrogen-bond donors (Lipinski definition) is 4. The number of pyridine rings is 1. The molecule has 0 unspecified atom stereocenters. The largest absolute Gasteiger partial charge is 0.459 e. The third-order valence-electron chi connectivity index (χ3n) is 5.80. The van der Waals surface area contributed by atoms with E-state index < -0.39 is 5.91 Å². The van der Waals surface area contributed by atoms with Crippen molar-refractivity contribution in [3.8, 4) is 11.1 Å². The number of halogens is 1. The van der Waals surface area contributed by atoms with Crippen molar-refractivity contribution in [3.63, 3.8) is 0 Å². The fraction of sp³-hybridized carbons (Fsp3) is 0.0357. The van der Waals surface area contributed by atoms with E-state index in [1.165, 1.54) is 18.6 Å². The zero-order valence-corrected chi connectivity index (χ0v) is 21.1. The monoisotopic (exact) mass is 539 g/mol. The van der Waals surface area contributed by atoms with Gasteiger partial charge in [-0.25, -0.2) is 9.97 Å². The zero-order valence-electron chi connectivity index (χ0n) is 20.4. The Morgan fingerprint density at radius 2 is 1.79 bits per heavy atom. The molecule has 5 rings (SSSR count). The number of carbonyl (C=O) groups excluding carboxylic acids is 2. The van der Waals surface area contributed by atoms with E-state index in [1.807, 2.05) is 24.3 Å². The first kappa shape index (κ1) is 25.4. The summed E-state index contributed by atoms with van der Waals surface area (Å²) in [6.45, 7) is 0. The molecule has 3 heterocycles. The highest BCUT2D eigenvalue weighted by atomic mass is 35.5. The standard InChI is InChI=1S/C28H22ClN7O3/c29-23-13-19(17-2-4-18(5-3-17)28(38)36-35-25-15-32-7-8-33-25)10-20-11-22(39-26(20)23)12-21(27(31)37)9-16-1-6-24(30)34-14-16/h1-11,13-15H,12H2,(H2,30,34)(H2,31,37)(H,33,35)(H,36,38)/b21-9+. The number of fused-ring (bicyclic) bond motifs is 1. The molecule has 3 aromatic heterocycles. The molecule has 0 spiro atoms. The number of aromatic nitrogens is 3. The van der Waals surface area contributed by atoms with E-state index in [1.54, 1.807) is 42.6 Å². The molecule has 194 valence electrons. The summed E-state index contributed by atoms with van der Waals surface area (Å²) in [6, 6.07) is 16.0. The van der Waals surface area contributed by atoms with Crippen LogP contribution in [0, 0.1) is 0 Å². The Bertz CT molecular complexity index is 1680. The lowest BCUT2D eigenvalue weighted by Crippen LogP contribution is -2.29. The number of nitrogen functional groups attached to an aromatic ring is 1. The van der Waals surface area contributed by atoms with Gasteiger partial charge in [-0.05, 0) is 65.2 Å². The summed E-state index contributed by atoms with van der Waals surface area (Å²) in [5.41, 5.74) is 20.2. The highest BCUT2D eigenvalue weighted by Crippen LogP contribution is 2.33. The highest BCUT2D eigenvalue weighted by Gasteiger charge is 2.15. The predicted molar refractivity (Wildman–Crippen MR) is 149 cm³/mol. The molecule has 0 bridgehead atoms. The van der Waals surface area contributed by atoms with E-state index >= 15 is 0 Å². The number of anilines is 2. The quantitative estimate of drug-likeness (QED) is 0.167. The van der Waals surface area contributed by atoms with Gasteiger partial charge in [0, 0.05) is 41.5 Å². The molecule has 6 N–H and O–H groups in total. The van der Waals surface area contributed by atoms with Gasteiger partial charge in [-0.3, -0.25) is 25.4 Å². The first-order valence-corrected chi connectivity index (χ1v) is 12.1. The summed E-state index contributed by atoms with van der Waals surface area (Å²) < 4.78 is 5.96. The molecule has 10 nitrogen and oxygen atoms in total. The van der Waals surface area contributed by atoms with Gasteiger partial charge in [0.1, 0.15) is 11.6 Å². The molecule has 2 aromatic carbocycles. The van der Waals surface area contributed by atoms with Gasteiger partial charge >= 0.3 is 0 Å². The summed E-state index contributed by atoms with van der Waals surface area (Å²) in [4.78, 5) is 36.5. The summed E-state index contributed by atoms with van der Waals surface area (Å²) in [5.74, 6) is 0.429. The Balaban J connectivity index is 1.34. The molecule has 0 atom stereocenters. The molecular weight excluding hydrogens is 518 g/mol. The minimum absolute atomic E-state index is 0.173. The normalized spacial score (nSPS) is 11.4. The fourth-order valence-corrected chi connectivity index (χ4v) is 4.15. The van der Waals surface area contributed by atoms with E-state index in [9.17, 15) is 9.59 Å². The maximum atomic E-state index is 12.5. The second-order valence-corrected chi connectivity index (χ2v) is 8.97. The van der Waals surface area contributed by atoms with Crippen molar-refractivity contribution in [2.75, 3.05) is 11.2 Å². The SMILES string of the molecule is NC(=O)/C(=C/c1ccc(N)nc1)Cc1cc2cc(-c3ccc(C(=O)NNc4cnccn4)cc3)cc(Cl)c2o1. The molecule has 0 saturated carbocycles. The number of furan rings is 1. The van der Waals surface area contributed by atoms with Crippen LogP contribution in [-0.2, 0) is 11.2 Å². The predicted octanol–water partition coefficient (Wildman–Crippen LogP) is 4.39. The number of nitrogens with one attached hydrogen (secondary N) is 2. The van der Waals surface area contributed by atoms with Crippen LogP contribution in [0.1, 0.15) is 21.7 Å². The lowest BCUT2D eigenvalue weighted by atomic mass is 10.0. The van der Waals surface area contributed by atoms with Gasteiger partial charge in [0.15, 0.2) is 11.4 Å². The summed E-state index contributed by atoms with van der Waals surface area (Å²) >= 11 is 6.55. The highest BCUT2D eigenvalue weighted by molar-refractivity contribution is 6.35. The number of carbonyl (C=O) groups is 2. The van der Waals surface area contributed by atoms with E-state index in [0.717, 1.165) is 16.5 Å². The summed E-state index contributed by atoms with van der Waals surface area (Å²) in [7, 11) is 0. The maximum absolute atomic E-state index is 12.5. The molecule has 11 heteroatoms. The van der Waals surface area contributed by atoms with Gasteiger partial charge in [0.2, 0.25) is 5.91 Å². The van der Waals surface area contributed by atoms with Gasteiger partial charge in [0.25, 0.3) is 5.91 Å². The number of amides is 2. The number of benzene rings is 2. The smallest absolute Gasteiger partial charge is 0.269 e. The van der Waals surface area contributed by atoms with Crippen LogP contribution in [0.4, 0.5) is 11.6 Å². The number of primary amides is 1. The van der Waals surface area contributed by atoms with E-state index in [0.29, 0.717) is 44.7 Å². The Morgan fingerprint density at radius 3 is 2.49 bits per heavy atom. The average Bonchev–Trinajstić information content (AvgIpc) is 3.36. The van der Waals surface area contributed by atoms with Crippen LogP contribution in [0.3, 0.4) is 0 Å². The minimum Gasteiger partial charge on any atom is -0.459 e. The maximum Gasteiger partial charge on any atom is 0.269 e. The van der Waals surface area contributed by atoms with Gasteiger partial charge < -0.3 is 15.9 Å². The van der Waals surface area contributed by atoms with Gasteiger partial charge in [0.05, 0.1) is 11.2 Å². The summed E-state index contributed by atoms with van der Waals surface area (Å²) in [6.07, 6.45) is 7.93. The van der Waals surface area contributed by atoms with Crippen LogP contribution < -0.4 is 22.3 Å². The average molecular weight is 540 g/mol. The Labute approximate surface area is 227 Å². The lowest BCUT2D eigenvalue weighted by Gasteiger charge is -2.08. The Kier molecular flexibility index (Phi) is 7.19. The molecular formula is C28H22ClN7O3. The first-order chi connectivity index (χ1) is 18.9. The van der Waals surface area contributed by atoms with Crippen molar-refractivity contribution >= 4 is 52.1 Å². The Morgan fingerprint density at radius 1 is 0.974 bits per heavy atom. The van der Waals surface area contributed by atoms with Crippen LogP contribution in [0.15, 0.2) is 89.4 Å². The second kappa shape index (κ2) is 11.0. The lowest BCUT2D eigenvalue weighted by molar-refractivity contribution is -0.114. The number of hydrazine groups is 1. The first-order valence-electron chi connectivity index (χ1n) is 11.7. The molecule has 0 saturated heterocycles. The molecule has 0 aliphatic heterocycles. The van der Waals surface area contributed by atoms with Crippen LogP contribution >= 0.6 is 11.6 Å². The van der Waals surface area contributed by atoms with Crippen molar-refractivity contribution in [1.29, 1.82) is 0 Å². The van der Waals surface area contributed by atoms with Crippen LogP contribution in [-0.4, -0.2) is 26.8 Å². The second-order valence-electron chi connectivity index (χ2n) is 8.56. The molecule has 0 aliphatic carbocycles. The molecule has 39 heavy (non-hydrogen) atoms. The zero-order chi connectivity index (χ0) is 27.4. The van der Waals surface area contributed by atoms with Gasteiger partial charge in [-0.2, -0.15) is 0 Å². The van der Waals surface area contributed by atoms with E-state index in [4.69, 9.17) is 27.5 Å². The third kappa shape index (κ3) is 6.03. The third-order valence-corrected chi connectivity index (χ3v) is 6.08. The van der Waals surface area contributed by atoms with Gasteiger partial charge in [-0.1, -0.05) is 23.7 Å². The number of hydrogen-bond acceptors (Lipinski definition) is 8. The van der Waals surface area contributed by atoms with E-state index in [-0.39, 0.29) is 12.3 Å². The van der Waals surface area contributed by atoms with Crippen LogP contribution in [0.2, 0.25) is 5.02 Å².